The highest BCUT2D eigenvalue weighted by Crippen LogP contribution is 2.26. The smallest absolute Gasteiger partial charge is 0.191 e. The molecule has 2 N–H and O–H groups in total. The first-order chi connectivity index (χ1) is 13.0. The third-order valence-corrected chi connectivity index (χ3v) is 5.60. The van der Waals surface area contributed by atoms with Crippen LogP contribution in [0.4, 0.5) is 4.39 Å². The second-order valence-corrected chi connectivity index (χ2v) is 7.84. The Hall–Kier alpha value is -2.67. The molecule has 27 heavy (non-hydrogen) atoms. The number of imidazole rings is 1. The Morgan fingerprint density at radius 1 is 1.30 bits per heavy atom. The number of rotatable bonds is 6. The minimum Gasteiger partial charge on any atom is -0.356 e. The van der Waals surface area contributed by atoms with E-state index in [1.165, 1.54) is 10.9 Å². The van der Waals surface area contributed by atoms with Crippen molar-refractivity contribution in [2.45, 2.75) is 25.8 Å². The van der Waals surface area contributed by atoms with Gasteiger partial charge in [-0.05, 0) is 29.1 Å². The second kappa shape index (κ2) is 8.35. The quantitative estimate of drug-likeness (QED) is 0.502. The molecule has 3 aromatic rings. The van der Waals surface area contributed by atoms with Gasteiger partial charge in [-0.15, -0.1) is 11.3 Å². The zero-order chi connectivity index (χ0) is 19.3. The van der Waals surface area contributed by atoms with E-state index in [1.54, 1.807) is 47.7 Å². The van der Waals surface area contributed by atoms with Crippen LogP contribution in [0.25, 0.3) is 5.69 Å². The van der Waals surface area contributed by atoms with Crippen LogP contribution >= 0.6 is 11.3 Å². The monoisotopic (exact) mass is 385 g/mol. The molecular weight excluding hydrogens is 361 g/mol. The van der Waals surface area contributed by atoms with Crippen LogP contribution in [-0.4, -0.2) is 29.1 Å². The first-order valence-electron chi connectivity index (χ1n) is 8.75. The minimum atomic E-state index is -0.283. The topological polar surface area (TPSA) is 54.2 Å². The summed E-state index contributed by atoms with van der Waals surface area (Å²) in [6, 6.07) is 9.40. The van der Waals surface area contributed by atoms with Gasteiger partial charge in [0.2, 0.25) is 0 Å². The summed E-state index contributed by atoms with van der Waals surface area (Å²) in [5, 5.41) is 8.69. The maximum absolute atomic E-state index is 14.4. The van der Waals surface area contributed by atoms with Crippen LogP contribution in [0, 0.1) is 5.82 Å². The zero-order valence-electron chi connectivity index (χ0n) is 15.7. The number of nitrogens with one attached hydrogen (secondary N) is 2. The normalized spacial score (nSPS) is 12.2. The van der Waals surface area contributed by atoms with Crippen molar-refractivity contribution in [1.29, 1.82) is 0 Å². The van der Waals surface area contributed by atoms with Crippen molar-refractivity contribution in [3.63, 3.8) is 0 Å². The Balaban J connectivity index is 1.57. The predicted octanol–water partition coefficient (Wildman–Crippen LogP) is 3.72. The Morgan fingerprint density at radius 2 is 2.15 bits per heavy atom. The van der Waals surface area contributed by atoms with Gasteiger partial charge < -0.3 is 15.2 Å². The number of hydrogen-bond acceptors (Lipinski definition) is 3. The molecule has 1 aromatic carbocycles. The van der Waals surface area contributed by atoms with Crippen LogP contribution < -0.4 is 10.6 Å². The molecule has 0 aliphatic rings. The van der Waals surface area contributed by atoms with Crippen molar-refractivity contribution in [3.8, 4) is 5.69 Å². The van der Waals surface area contributed by atoms with Crippen LogP contribution in [0.15, 0.2) is 59.4 Å². The molecule has 0 saturated heterocycles. The first-order valence-corrected chi connectivity index (χ1v) is 9.63. The third kappa shape index (κ3) is 4.74. The van der Waals surface area contributed by atoms with Crippen LogP contribution in [-0.2, 0) is 12.0 Å². The Kier molecular flexibility index (Phi) is 5.91. The lowest BCUT2D eigenvalue weighted by Gasteiger charge is -2.25. The second-order valence-electron chi connectivity index (χ2n) is 6.90. The molecule has 0 unspecified atom stereocenters. The molecule has 3 rings (SSSR count). The summed E-state index contributed by atoms with van der Waals surface area (Å²) in [6.07, 6.45) is 4.93. The van der Waals surface area contributed by atoms with Crippen LogP contribution in [0.1, 0.15) is 24.3 Å². The average Bonchev–Trinajstić information content (AvgIpc) is 3.36. The minimum absolute atomic E-state index is 0.00431. The molecule has 5 nitrogen and oxygen atoms in total. The van der Waals surface area contributed by atoms with Gasteiger partial charge in [-0.25, -0.2) is 9.37 Å². The van der Waals surface area contributed by atoms with E-state index < -0.39 is 0 Å². The van der Waals surface area contributed by atoms with Crippen molar-refractivity contribution in [2.75, 3.05) is 13.6 Å². The molecule has 0 aliphatic carbocycles. The maximum Gasteiger partial charge on any atom is 0.191 e. The van der Waals surface area contributed by atoms with E-state index in [1.807, 2.05) is 6.07 Å². The van der Waals surface area contributed by atoms with Crippen molar-refractivity contribution < 1.29 is 4.39 Å². The Morgan fingerprint density at radius 3 is 2.78 bits per heavy atom. The summed E-state index contributed by atoms with van der Waals surface area (Å²) in [5.41, 5.74) is 1.33. The van der Waals surface area contributed by atoms with Gasteiger partial charge in [0, 0.05) is 42.8 Å². The molecule has 0 spiro atoms. The van der Waals surface area contributed by atoms with Crippen LogP contribution in [0.5, 0.6) is 0 Å². The molecule has 0 amide bonds. The van der Waals surface area contributed by atoms with E-state index in [0.29, 0.717) is 18.2 Å². The Bertz CT molecular complexity index is 885. The number of aromatic nitrogens is 2. The summed E-state index contributed by atoms with van der Waals surface area (Å²) in [4.78, 5) is 9.53. The average molecular weight is 386 g/mol. The number of benzene rings is 1. The number of thiophene rings is 1. The standard InChI is InChI=1S/C20H24FN5S/c1-20(2,18-5-4-10-27-18)13-25-19(22-3)24-12-15-6-7-17(16(21)11-15)26-9-8-23-14-26/h4-11,14H,12-13H2,1-3H3,(H2,22,24,25). The van der Waals surface area contributed by atoms with Gasteiger partial charge in [0.25, 0.3) is 0 Å². The van der Waals surface area contributed by atoms with E-state index in [2.05, 4.69) is 52.0 Å². The molecule has 0 aliphatic heterocycles. The van der Waals surface area contributed by atoms with Gasteiger partial charge in [0.15, 0.2) is 5.96 Å². The fraction of sp³-hybridized carbons (Fsp3) is 0.300. The largest absolute Gasteiger partial charge is 0.356 e. The van der Waals surface area contributed by atoms with Crippen molar-refractivity contribution in [1.82, 2.24) is 20.2 Å². The van der Waals surface area contributed by atoms with Gasteiger partial charge in [0.05, 0.1) is 12.0 Å². The van der Waals surface area contributed by atoms with Crippen molar-refractivity contribution >= 4 is 17.3 Å². The highest BCUT2D eigenvalue weighted by Gasteiger charge is 2.21. The SMILES string of the molecule is CN=C(NCc1ccc(-n2ccnc2)c(F)c1)NCC(C)(C)c1cccs1. The van der Waals surface area contributed by atoms with E-state index in [4.69, 9.17) is 0 Å². The van der Waals surface area contributed by atoms with E-state index in [0.717, 1.165) is 12.1 Å². The summed E-state index contributed by atoms with van der Waals surface area (Å²) in [5.74, 6) is 0.410. The maximum atomic E-state index is 14.4. The highest BCUT2D eigenvalue weighted by atomic mass is 32.1. The number of guanidine groups is 1. The van der Waals surface area contributed by atoms with E-state index in [9.17, 15) is 4.39 Å². The van der Waals surface area contributed by atoms with E-state index in [-0.39, 0.29) is 11.2 Å². The number of hydrogen-bond donors (Lipinski definition) is 2. The van der Waals surface area contributed by atoms with Crippen molar-refractivity contribution in [2.24, 2.45) is 4.99 Å². The van der Waals surface area contributed by atoms with Crippen LogP contribution in [0.2, 0.25) is 0 Å². The van der Waals surface area contributed by atoms with Gasteiger partial charge in [0.1, 0.15) is 5.82 Å². The summed E-state index contributed by atoms with van der Waals surface area (Å²) in [7, 11) is 1.73. The molecule has 2 aromatic heterocycles. The van der Waals surface area contributed by atoms with Gasteiger partial charge >= 0.3 is 0 Å². The van der Waals surface area contributed by atoms with Gasteiger partial charge in [-0.3, -0.25) is 4.99 Å². The van der Waals surface area contributed by atoms with Crippen molar-refractivity contribution in [3.05, 3.63) is 70.7 Å². The summed E-state index contributed by atoms with van der Waals surface area (Å²) in [6.45, 7) is 5.63. The first kappa shape index (κ1) is 19.1. The van der Waals surface area contributed by atoms with E-state index >= 15 is 0 Å². The van der Waals surface area contributed by atoms with Gasteiger partial charge in [-0.2, -0.15) is 0 Å². The molecule has 2 heterocycles. The zero-order valence-corrected chi connectivity index (χ0v) is 16.6. The number of halogens is 1. The number of nitrogens with zero attached hydrogens (tertiary/aromatic N) is 3. The molecule has 142 valence electrons. The molecule has 0 radical (unpaired) electrons. The Labute approximate surface area is 163 Å². The molecule has 0 atom stereocenters. The number of aliphatic imine (C=N–C) groups is 1. The van der Waals surface area contributed by atoms with Gasteiger partial charge in [-0.1, -0.05) is 26.0 Å². The lowest BCUT2D eigenvalue weighted by atomic mass is 9.91. The van der Waals surface area contributed by atoms with Crippen LogP contribution in [0.3, 0.4) is 0 Å². The lowest BCUT2D eigenvalue weighted by molar-refractivity contribution is 0.518. The molecule has 0 fully saturated rings. The fourth-order valence-corrected chi connectivity index (χ4v) is 3.59. The molecule has 0 bridgehead atoms. The molecule has 0 saturated carbocycles. The molecular formula is C20H24FN5S. The highest BCUT2D eigenvalue weighted by molar-refractivity contribution is 7.10. The summed E-state index contributed by atoms with van der Waals surface area (Å²) < 4.78 is 16.0. The summed E-state index contributed by atoms with van der Waals surface area (Å²) >= 11 is 1.75. The molecule has 7 heteroatoms. The predicted molar refractivity (Wildman–Crippen MR) is 109 cm³/mol. The fourth-order valence-electron chi connectivity index (χ4n) is 2.73. The third-order valence-electron chi connectivity index (χ3n) is 4.36. The lowest BCUT2D eigenvalue weighted by Crippen LogP contribution is -2.42.